The Morgan fingerprint density at radius 3 is 2.86 bits per heavy atom. The van der Waals surface area contributed by atoms with Crippen molar-refractivity contribution in [2.45, 2.75) is 6.92 Å². The molecule has 2 aromatic carbocycles. The van der Waals surface area contributed by atoms with Gasteiger partial charge in [0.1, 0.15) is 11.6 Å². The zero-order valence-corrected chi connectivity index (χ0v) is 13.6. The molecule has 1 amide bonds. The summed E-state index contributed by atoms with van der Waals surface area (Å²) in [4.78, 5) is 11.9. The van der Waals surface area contributed by atoms with Crippen LogP contribution in [0, 0.1) is 5.82 Å². The standard InChI is InChI=1S/C17H15BrFNO2/c1-2-22-16-8-7-13(18)10-12(16)6-9-17(21)20-15-5-3-4-14(19)11-15/h3-11H,2H2,1H3,(H,20,21)/b9-6+. The number of hydrogen-bond donors (Lipinski definition) is 1. The first kappa shape index (κ1) is 16.2. The highest BCUT2D eigenvalue weighted by atomic mass is 79.9. The van der Waals surface area contributed by atoms with Crippen LogP contribution in [0.5, 0.6) is 5.75 Å². The van der Waals surface area contributed by atoms with Crippen LogP contribution in [-0.4, -0.2) is 12.5 Å². The summed E-state index contributed by atoms with van der Waals surface area (Å²) in [7, 11) is 0. The van der Waals surface area contributed by atoms with E-state index in [1.54, 1.807) is 12.1 Å². The summed E-state index contributed by atoms with van der Waals surface area (Å²) in [6, 6.07) is 11.3. The second-order valence-corrected chi connectivity index (χ2v) is 5.36. The fourth-order valence-corrected chi connectivity index (χ4v) is 2.23. The van der Waals surface area contributed by atoms with E-state index in [-0.39, 0.29) is 5.91 Å². The third-order valence-electron chi connectivity index (χ3n) is 2.78. The predicted molar refractivity (Wildman–Crippen MR) is 89.4 cm³/mol. The number of hydrogen-bond acceptors (Lipinski definition) is 2. The van der Waals surface area contributed by atoms with E-state index in [2.05, 4.69) is 21.2 Å². The molecule has 2 rings (SSSR count). The summed E-state index contributed by atoms with van der Waals surface area (Å²) in [6.45, 7) is 2.43. The zero-order valence-electron chi connectivity index (χ0n) is 12.0. The molecule has 0 saturated carbocycles. The van der Waals surface area contributed by atoms with Crippen molar-refractivity contribution in [3.63, 3.8) is 0 Å². The van der Waals surface area contributed by atoms with Crippen molar-refractivity contribution in [3.05, 3.63) is 64.4 Å². The Bertz CT molecular complexity index is 701. The maximum Gasteiger partial charge on any atom is 0.248 e. The van der Waals surface area contributed by atoms with Crippen LogP contribution in [-0.2, 0) is 4.79 Å². The van der Waals surface area contributed by atoms with Gasteiger partial charge in [0.15, 0.2) is 0 Å². The molecule has 0 spiro atoms. The molecule has 0 unspecified atom stereocenters. The van der Waals surface area contributed by atoms with Crippen molar-refractivity contribution in [2.75, 3.05) is 11.9 Å². The molecule has 0 atom stereocenters. The van der Waals surface area contributed by atoms with Gasteiger partial charge in [0, 0.05) is 21.8 Å². The smallest absolute Gasteiger partial charge is 0.248 e. The fourth-order valence-electron chi connectivity index (χ4n) is 1.85. The normalized spacial score (nSPS) is 10.7. The quantitative estimate of drug-likeness (QED) is 0.785. The lowest BCUT2D eigenvalue weighted by atomic mass is 10.2. The van der Waals surface area contributed by atoms with Gasteiger partial charge in [-0.25, -0.2) is 4.39 Å². The lowest BCUT2D eigenvalue weighted by Crippen LogP contribution is -2.07. The van der Waals surface area contributed by atoms with Gasteiger partial charge in [0.2, 0.25) is 5.91 Å². The monoisotopic (exact) mass is 363 g/mol. The Balaban J connectivity index is 2.11. The molecule has 0 aliphatic rings. The summed E-state index contributed by atoms with van der Waals surface area (Å²) < 4.78 is 19.5. The van der Waals surface area contributed by atoms with Gasteiger partial charge in [0.25, 0.3) is 0 Å². The number of carbonyl (C=O) groups excluding carboxylic acids is 1. The van der Waals surface area contributed by atoms with E-state index in [4.69, 9.17) is 4.74 Å². The highest BCUT2D eigenvalue weighted by Crippen LogP contribution is 2.24. The maximum absolute atomic E-state index is 13.1. The minimum Gasteiger partial charge on any atom is -0.493 e. The maximum atomic E-state index is 13.1. The van der Waals surface area contributed by atoms with E-state index in [1.807, 2.05) is 25.1 Å². The molecular weight excluding hydrogens is 349 g/mol. The largest absolute Gasteiger partial charge is 0.493 e. The Morgan fingerprint density at radius 1 is 1.32 bits per heavy atom. The van der Waals surface area contributed by atoms with Crippen LogP contribution >= 0.6 is 15.9 Å². The molecule has 0 bridgehead atoms. The molecule has 0 aromatic heterocycles. The Hall–Kier alpha value is -2.14. The van der Waals surface area contributed by atoms with Gasteiger partial charge < -0.3 is 10.1 Å². The second kappa shape index (κ2) is 7.75. The van der Waals surface area contributed by atoms with Gasteiger partial charge in [-0.1, -0.05) is 22.0 Å². The molecule has 5 heteroatoms. The lowest BCUT2D eigenvalue weighted by Gasteiger charge is -2.07. The van der Waals surface area contributed by atoms with E-state index in [1.165, 1.54) is 24.3 Å². The molecule has 0 saturated heterocycles. The Labute approximate surface area is 136 Å². The van der Waals surface area contributed by atoms with Gasteiger partial charge in [0.05, 0.1) is 6.61 Å². The average Bonchev–Trinajstić information content (AvgIpc) is 2.48. The highest BCUT2D eigenvalue weighted by molar-refractivity contribution is 9.10. The fraction of sp³-hybridized carbons (Fsp3) is 0.118. The van der Waals surface area contributed by atoms with Crippen LogP contribution in [0.2, 0.25) is 0 Å². The van der Waals surface area contributed by atoms with Crippen LogP contribution in [0.15, 0.2) is 53.0 Å². The topological polar surface area (TPSA) is 38.3 Å². The molecule has 2 aromatic rings. The van der Waals surface area contributed by atoms with Gasteiger partial charge in [-0.05, 0) is 49.4 Å². The van der Waals surface area contributed by atoms with Crippen molar-refractivity contribution in [1.82, 2.24) is 0 Å². The second-order valence-electron chi connectivity index (χ2n) is 4.45. The van der Waals surface area contributed by atoms with Crippen molar-refractivity contribution in [1.29, 1.82) is 0 Å². The first-order valence-corrected chi connectivity index (χ1v) is 7.55. The molecule has 0 aliphatic heterocycles. The Morgan fingerprint density at radius 2 is 2.14 bits per heavy atom. The Kier molecular flexibility index (Phi) is 5.72. The molecular formula is C17H15BrFNO2. The van der Waals surface area contributed by atoms with Crippen molar-refractivity contribution < 1.29 is 13.9 Å². The first-order chi connectivity index (χ1) is 10.6. The minimum atomic E-state index is -0.396. The lowest BCUT2D eigenvalue weighted by molar-refractivity contribution is -0.111. The molecule has 0 heterocycles. The van der Waals surface area contributed by atoms with Gasteiger partial charge >= 0.3 is 0 Å². The van der Waals surface area contributed by atoms with Crippen molar-refractivity contribution >= 4 is 33.6 Å². The van der Waals surface area contributed by atoms with E-state index in [0.717, 1.165) is 10.0 Å². The number of rotatable bonds is 5. The number of anilines is 1. The minimum absolute atomic E-state index is 0.340. The van der Waals surface area contributed by atoms with E-state index in [9.17, 15) is 9.18 Å². The summed E-state index contributed by atoms with van der Waals surface area (Å²) >= 11 is 3.38. The predicted octanol–water partition coefficient (Wildman–Crippen LogP) is 4.64. The molecule has 22 heavy (non-hydrogen) atoms. The summed E-state index contributed by atoms with van der Waals surface area (Å²) in [5.74, 6) is -0.0408. The third kappa shape index (κ3) is 4.70. The zero-order chi connectivity index (χ0) is 15.9. The molecule has 1 N–H and O–H groups in total. The highest BCUT2D eigenvalue weighted by Gasteiger charge is 2.03. The SMILES string of the molecule is CCOc1ccc(Br)cc1/C=C/C(=O)Nc1cccc(F)c1. The molecule has 0 radical (unpaired) electrons. The third-order valence-corrected chi connectivity index (χ3v) is 3.27. The number of benzene rings is 2. The molecule has 0 aliphatic carbocycles. The number of ether oxygens (including phenoxy) is 1. The van der Waals surface area contributed by atoms with Crippen LogP contribution in [0.1, 0.15) is 12.5 Å². The van der Waals surface area contributed by atoms with Crippen LogP contribution in [0.3, 0.4) is 0 Å². The molecule has 0 fully saturated rings. The summed E-state index contributed by atoms with van der Waals surface area (Å²) in [5.41, 5.74) is 1.19. The van der Waals surface area contributed by atoms with Gasteiger partial charge in [-0.2, -0.15) is 0 Å². The number of amides is 1. The van der Waals surface area contributed by atoms with Crippen LogP contribution in [0.25, 0.3) is 6.08 Å². The summed E-state index contributed by atoms with van der Waals surface area (Å²) in [5, 5.41) is 2.60. The van der Waals surface area contributed by atoms with E-state index < -0.39 is 5.82 Å². The molecule has 114 valence electrons. The van der Waals surface area contributed by atoms with Crippen molar-refractivity contribution in [3.8, 4) is 5.75 Å². The first-order valence-electron chi connectivity index (χ1n) is 6.75. The van der Waals surface area contributed by atoms with Gasteiger partial charge in [-0.15, -0.1) is 0 Å². The number of carbonyl (C=O) groups is 1. The van der Waals surface area contributed by atoms with E-state index >= 15 is 0 Å². The van der Waals surface area contributed by atoms with Gasteiger partial charge in [-0.3, -0.25) is 4.79 Å². The average molecular weight is 364 g/mol. The summed E-state index contributed by atoms with van der Waals surface area (Å²) in [6.07, 6.45) is 3.04. The number of nitrogens with one attached hydrogen (secondary N) is 1. The van der Waals surface area contributed by atoms with E-state index in [0.29, 0.717) is 18.0 Å². The van der Waals surface area contributed by atoms with Crippen LogP contribution in [0.4, 0.5) is 10.1 Å². The van der Waals surface area contributed by atoms with Crippen molar-refractivity contribution in [2.24, 2.45) is 0 Å². The van der Waals surface area contributed by atoms with Crippen LogP contribution < -0.4 is 10.1 Å². The molecule has 3 nitrogen and oxygen atoms in total. The number of halogens is 2.